The van der Waals surface area contributed by atoms with E-state index >= 15 is 0 Å². The lowest BCUT2D eigenvalue weighted by Crippen LogP contribution is -2.43. The molecule has 0 saturated carbocycles. The number of benzene rings is 3. The van der Waals surface area contributed by atoms with Gasteiger partial charge in [0.2, 0.25) is 12.7 Å². The molecule has 2 heterocycles. The molecule has 3 aromatic carbocycles. The van der Waals surface area contributed by atoms with Crippen LogP contribution in [0.5, 0.6) is 11.5 Å². The molecule has 0 saturated heterocycles. The molecule has 0 radical (unpaired) electrons. The average molecular weight is 498 g/mol. The summed E-state index contributed by atoms with van der Waals surface area (Å²) in [5, 5.41) is 1.17. The van der Waals surface area contributed by atoms with Crippen LogP contribution in [0.3, 0.4) is 0 Å². The van der Waals surface area contributed by atoms with Crippen LogP contribution in [0.1, 0.15) is 34.8 Å². The minimum absolute atomic E-state index is 0.0157. The van der Waals surface area contributed by atoms with Crippen molar-refractivity contribution in [1.29, 1.82) is 0 Å². The van der Waals surface area contributed by atoms with Gasteiger partial charge in [0.1, 0.15) is 6.54 Å². The van der Waals surface area contributed by atoms with Crippen LogP contribution in [-0.4, -0.2) is 53.0 Å². The maximum Gasteiger partial charge on any atom is 0.254 e. The second-order valence-corrected chi connectivity index (χ2v) is 9.21. The molecule has 1 aromatic heterocycles. The normalized spacial score (nSPS) is 12.0. The molecule has 2 amide bonds. The molecule has 0 spiro atoms. The van der Waals surface area contributed by atoms with Crippen LogP contribution in [0, 0.1) is 0 Å². The van der Waals surface area contributed by atoms with Crippen LogP contribution in [-0.2, 0) is 17.8 Å². The Bertz CT molecular complexity index is 1380. The van der Waals surface area contributed by atoms with Crippen molar-refractivity contribution in [3.63, 3.8) is 0 Å². The molecule has 37 heavy (non-hydrogen) atoms. The Kier molecular flexibility index (Phi) is 7.40. The summed E-state index contributed by atoms with van der Waals surface area (Å²) in [6, 6.07) is 23.3. The highest BCUT2D eigenvalue weighted by Crippen LogP contribution is 2.32. The molecule has 1 aliphatic heterocycles. The van der Waals surface area contributed by atoms with Gasteiger partial charge in [0.15, 0.2) is 11.5 Å². The minimum Gasteiger partial charge on any atom is -0.454 e. The first-order valence-electron chi connectivity index (χ1n) is 12.7. The molecule has 0 atom stereocenters. The maximum absolute atomic E-state index is 13.7. The zero-order chi connectivity index (χ0) is 25.6. The first-order chi connectivity index (χ1) is 18.1. The number of ether oxygens (including phenoxy) is 2. The van der Waals surface area contributed by atoms with Crippen molar-refractivity contribution in [1.82, 2.24) is 14.8 Å². The van der Waals surface area contributed by atoms with E-state index in [2.05, 4.69) is 17.1 Å². The highest BCUT2D eigenvalue weighted by Gasteiger charge is 2.24. The summed E-state index contributed by atoms with van der Waals surface area (Å²) in [6.07, 6.45) is 3.48. The van der Waals surface area contributed by atoms with Crippen LogP contribution < -0.4 is 9.47 Å². The van der Waals surface area contributed by atoms with E-state index < -0.39 is 0 Å². The number of carbonyl (C=O) groups excluding carboxylic acids is 2. The topological polar surface area (TPSA) is 74.9 Å². The van der Waals surface area contributed by atoms with E-state index in [0.717, 1.165) is 17.5 Å². The summed E-state index contributed by atoms with van der Waals surface area (Å²) in [7, 11) is 0. The monoisotopic (exact) mass is 497 g/mol. The van der Waals surface area contributed by atoms with Crippen LogP contribution in [0.25, 0.3) is 10.9 Å². The summed E-state index contributed by atoms with van der Waals surface area (Å²) in [5.41, 5.74) is 3.79. The van der Waals surface area contributed by atoms with Gasteiger partial charge in [-0.1, -0.05) is 55.5 Å². The van der Waals surface area contributed by atoms with E-state index in [1.165, 1.54) is 10.9 Å². The summed E-state index contributed by atoms with van der Waals surface area (Å²) < 4.78 is 10.8. The standard InChI is InChI=1S/C30H31N3O4/c1-2-15-33(30(35)23-12-13-27-28(17-23)37-21-36-27)20-29(34)32(19-22-8-4-3-5-9-22)16-14-24-18-31-26-11-7-6-10-25(24)26/h3-13,17-18,31H,2,14-16,19-21H2,1H3. The third-order valence-electron chi connectivity index (χ3n) is 6.62. The van der Waals surface area contributed by atoms with Gasteiger partial charge in [-0.3, -0.25) is 9.59 Å². The minimum atomic E-state index is -0.190. The second-order valence-electron chi connectivity index (χ2n) is 9.21. The number of amides is 2. The molecule has 1 aliphatic rings. The zero-order valence-electron chi connectivity index (χ0n) is 21.0. The number of H-pyrrole nitrogens is 1. The lowest BCUT2D eigenvalue weighted by atomic mass is 10.1. The third kappa shape index (κ3) is 5.61. The first kappa shape index (κ1) is 24.4. The molecule has 0 bridgehead atoms. The van der Waals surface area contributed by atoms with Gasteiger partial charge >= 0.3 is 0 Å². The van der Waals surface area contributed by atoms with E-state index in [-0.39, 0.29) is 25.2 Å². The molecular formula is C30H31N3O4. The molecule has 4 aromatic rings. The van der Waals surface area contributed by atoms with Gasteiger partial charge < -0.3 is 24.3 Å². The number of nitrogens with one attached hydrogen (secondary N) is 1. The third-order valence-corrected chi connectivity index (χ3v) is 6.62. The van der Waals surface area contributed by atoms with E-state index in [9.17, 15) is 9.59 Å². The molecule has 1 N–H and O–H groups in total. The molecule has 7 nitrogen and oxygen atoms in total. The highest BCUT2D eigenvalue weighted by atomic mass is 16.7. The van der Waals surface area contributed by atoms with Crippen molar-refractivity contribution in [3.8, 4) is 11.5 Å². The van der Waals surface area contributed by atoms with E-state index in [1.54, 1.807) is 23.1 Å². The zero-order valence-corrected chi connectivity index (χ0v) is 21.0. The van der Waals surface area contributed by atoms with E-state index in [0.29, 0.717) is 43.1 Å². The maximum atomic E-state index is 13.7. The molecule has 190 valence electrons. The summed E-state index contributed by atoms with van der Waals surface area (Å²) in [4.78, 5) is 33.9. The number of aromatic nitrogens is 1. The number of para-hydroxylation sites is 1. The van der Waals surface area contributed by atoms with Gasteiger partial charge in [-0.15, -0.1) is 0 Å². The number of aromatic amines is 1. The number of carbonyl (C=O) groups is 2. The van der Waals surface area contributed by atoms with Gasteiger partial charge in [0.05, 0.1) is 0 Å². The van der Waals surface area contributed by atoms with Crippen LogP contribution >= 0.6 is 0 Å². The van der Waals surface area contributed by atoms with Crippen molar-refractivity contribution in [3.05, 3.63) is 95.7 Å². The SMILES string of the molecule is CCCN(CC(=O)N(CCc1c[nH]c2ccccc12)Cc1ccccc1)C(=O)c1ccc2c(c1)OCO2. The van der Waals surface area contributed by atoms with Gasteiger partial charge in [-0.25, -0.2) is 0 Å². The van der Waals surface area contributed by atoms with E-state index in [1.807, 2.05) is 60.5 Å². The Morgan fingerprint density at radius 2 is 1.68 bits per heavy atom. The average Bonchev–Trinajstić information content (AvgIpc) is 3.57. The lowest BCUT2D eigenvalue weighted by Gasteiger charge is -2.28. The fraction of sp³-hybridized carbons (Fsp3) is 0.267. The van der Waals surface area contributed by atoms with Crippen molar-refractivity contribution in [2.45, 2.75) is 26.3 Å². The smallest absolute Gasteiger partial charge is 0.254 e. The van der Waals surface area contributed by atoms with Crippen LogP contribution in [0.15, 0.2) is 79.0 Å². The van der Waals surface area contributed by atoms with Crippen molar-refractivity contribution >= 4 is 22.7 Å². The van der Waals surface area contributed by atoms with Crippen LogP contribution in [0.4, 0.5) is 0 Å². The Balaban J connectivity index is 1.33. The van der Waals surface area contributed by atoms with Crippen molar-refractivity contribution in [2.24, 2.45) is 0 Å². The predicted molar refractivity (Wildman–Crippen MR) is 143 cm³/mol. The van der Waals surface area contributed by atoms with Crippen LogP contribution in [0.2, 0.25) is 0 Å². The lowest BCUT2D eigenvalue weighted by molar-refractivity contribution is -0.132. The Morgan fingerprint density at radius 3 is 2.51 bits per heavy atom. The number of nitrogens with zero attached hydrogens (tertiary/aromatic N) is 2. The summed E-state index contributed by atoms with van der Waals surface area (Å²) >= 11 is 0. The quantitative estimate of drug-likeness (QED) is 0.334. The summed E-state index contributed by atoms with van der Waals surface area (Å²) in [6.45, 7) is 3.69. The predicted octanol–water partition coefficient (Wildman–Crippen LogP) is 5.02. The second kappa shape index (κ2) is 11.2. The highest BCUT2D eigenvalue weighted by molar-refractivity contribution is 5.97. The Hall–Kier alpha value is -4.26. The van der Waals surface area contributed by atoms with Gasteiger partial charge in [0, 0.05) is 42.3 Å². The molecular weight excluding hydrogens is 466 g/mol. The summed E-state index contributed by atoms with van der Waals surface area (Å²) in [5.74, 6) is 0.912. The number of rotatable bonds is 10. The first-order valence-corrected chi connectivity index (χ1v) is 12.7. The Labute approximate surface area is 216 Å². The fourth-order valence-electron chi connectivity index (χ4n) is 4.69. The molecule has 0 aliphatic carbocycles. The fourth-order valence-corrected chi connectivity index (χ4v) is 4.69. The van der Waals surface area contributed by atoms with Gasteiger partial charge in [-0.2, -0.15) is 0 Å². The number of hydrogen-bond acceptors (Lipinski definition) is 4. The molecule has 7 heteroatoms. The van der Waals surface area contributed by atoms with Gasteiger partial charge in [-0.05, 0) is 48.2 Å². The molecule has 5 rings (SSSR count). The molecule has 0 fully saturated rings. The van der Waals surface area contributed by atoms with Crippen molar-refractivity contribution in [2.75, 3.05) is 26.4 Å². The van der Waals surface area contributed by atoms with Gasteiger partial charge in [0.25, 0.3) is 5.91 Å². The molecule has 0 unspecified atom stereocenters. The largest absolute Gasteiger partial charge is 0.454 e. The van der Waals surface area contributed by atoms with E-state index in [4.69, 9.17) is 9.47 Å². The number of hydrogen-bond donors (Lipinski definition) is 1. The Morgan fingerprint density at radius 1 is 0.892 bits per heavy atom. The number of fused-ring (bicyclic) bond motifs is 2. The van der Waals surface area contributed by atoms with Crippen molar-refractivity contribution < 1.29 is 19.1 Å².